The van der Waals surface area contributed by atoms with Gasteiger partial charge in [0.15, 0.2) is 0 Å². The van der Waals surface area contributed by atoms with E-state index in [0.717, 1.165) is 30.7 Å². The van der Waals surface area contributed by atoms with Crippen molar-refractivity contribution in [1.29, 1.82) is 0 Å². The highest BCUT2D eigenvalue weighted by molar-refractivity contribution is 7.13. The van der Waals surface area contributed by atoms with E-state index in [-0.39, 0.29) is 17.9 Å². The molecular formula is C27H30ClN3O3S. The fourth-order valence-corrected chi connectivity index (χ4v) is 5.54. The Bertz CT molecular complexity index is 1170. The number of ether oxygens (including phenoxy) is 1. The van der Waals surface area contributed by atoms with Gasteiger partial charge in [0, 0.05) is 16.8 Å². The number of nitrogens with one attached hydrogen (secondary N) is 1. The SMILES string of the molecule is COc1ccc([C@H](C(=O)NC2CCCCC2)N(C(=O)c2sc(C)nc2C)c2ccc(Cl)cc2)cc1. The number of nitrogens with zero attached hydrogens (tertiary/aromatic N) is 2. The number of thiazole rings is 1. The van der Waals surface area contributed by atoms with Crippen LogP contribution >= 0.6 is 22.9 Å². The molecule has 1 aliphatic rings. The number of anilines is 1. The summed E-state index contributed by atoms with van der Waals surface area (Å²) in [5.74, 6) is 0.206. The zero-order chi connectivity index (χ0) is 24.9. The highest BCUT2D eigenvalue weighted by Gasteiger charge is 2.36. The Kier molecular flexibility index (Phi) is 8.08. The molecule has 184 valence electrons. The van der Waals surface area contributed by atoms with Crippen molar-refractivity contribution >= 4 is 40.4 Å². The van der Waals surface area contributed by atoms with Gasteiger partial charge >= 0.3 is 0 Å². The van der Waals surface area contributed by atoms with Crippen molar-refractivity contribution in [2.24, 2.45) is 0 Å². The topological polar surface area (TPSA) is 71.5 Å². The molecule has 1 N–H and O–H groups in total. The molecule has 8 heteroatoms. The van der Waals surface area contributed by atoms with E-state index in [1.807, 2.05) is 38.1 Å². The maximum Gasteiger partial charge on any atom is 0.271 e. The maximum absolute atomic E-state index is 14.1. The van der Waals surface area contributed by atoms with Gasteiger partial charge in [-0.05, 0) is 68.7 Å². The van der Waals surface area contributed by atoms with Crippen LogP contribution in [-0.2, 0) is 4.79 Å². The molecule has 1 heterocycles. The Morgan fingerprint density at radius 3 is 2.29 bits per heavy atom. The van der Waals surface area contributed by atoms with Gasteiger partial charge in [-0.25, -0.2) is 4.98 Å². The number of aryl methyl sites for hydroxylation is 2. The number of rotatable bonds is 7. The molecule has 1 fully saturated rings. The number of methoxy groups -OCH3 is 1. The Hall–Kier alpha value is -2.90. The smallest absolute Gasteiger partial charge is 0.271 e. The lowest BCUT2D eigenvalue weighted by Crippen LogP contribution is -2.47. The zero-order valence-electron chi connectivity index (χ0n) is 20.2. The Morgan fingerprint density at radius 2 is 1.71 bits per heavy atom. The van der Waals surface area contributed by atoms with Gasteiger partial charge in [-0.1, -0.05) is 43.0 Å². The third-order valence-electron chi connectivity index (χ3n) is 6.31. The molecule has 0 saturated heterocycles. The van der Waals surface area contributed by atoms with E-state index in [9.17, 15) is 9.59 Å². The minimum atomic E-state index is -0.877. The molecule has 0 unspecified atom stereocenters. The molecular weight excluding hydrogens is 482 g/mol. The number of carbonyl (C=O) groups excluding carboxylic acids is 2. The number of carbonyl (C=O) groups is 2. The quantitative estimate of drug-likeness (QED) is 0.406. The zero-order valence-corrected chi connectivity index (χ0v) is 21.8. The molecule has 6 nitrogen and oxygen atoms in total. The first-order valence-electron chi connectivity index (χ1n) is 11.8. The van der Waals surface area contributed by atoms with Crippen LogP contribution in [0.15, 0.2) is 48.5 Å². The van der Waals surface area contributed by atoms with Crippen LogP contribution in [-0.4, -0.2) is 29.9 Å². The Balaban J connectivity index is 1.81. The molecule has 1 saturated carbocycles. The predicted molar refractivity (Wildman–Crippen MR) is 141 cm³/mol. The molecule has 0 spiro atoms. The summed E-state index contributed by atoms with van der Waals surface area (Å²) in [6.07, 6.45) is 5.27. The number of amides is 2. The summed E-state index contributed by atoms with van der Waals surface area (Å²) in [6, 6.07) is 13.5. The van der Waals surface area contributed by atoms with Gasteiger partial charge in [-0.2, -0.15) is 0 Å². The minimum Gasteiger partial charge on any atom is -0.497 e. The summed E-state index contributed by atoms with van der Waals surface area (Å²) in [5.41, 5.74) is 1.93. The van der Waals surface area contributed by atoms with E-state index in [2.05, 4.69) is 10.3 Å². The number of halogens is 1. The van der Waals surface area contributed by atoms with Crippen LogP contribution in [0.4, 0.5) is 5.69 Å². The van der Waals surface area contributed by atoms with Crippen molar-refractivity contribution in [3.05, 3.63) is 74.7 Å². The van der Waals surface area contributed by atoms with Crippen LogP contribution < -0.4 is 15.0 Å². The molecule has 4 rings (SSSR count). The second-order valence-corrected chi connectivity index (χ2v) is 10.5. The summed E-state index contributed by atoms with van der Waals surface area (Å²) in [7, 11) is 1.60. The largest absolute Gasteiger partial charge is 0.497 e. The Morgan fingerprint density at radius 1 is 1.06 bits per heavy atom. The number of hydrogen-bond acceptors (Lipinski definition) is 5. The van der Waals surface area contributed by atoms with Crippen molar-refractivity contribution in [3.63, 3.8) is 0 Å². The number of benzene rings is 2. The lowest BCUT2D eigenvalue weighted by molar-refractivity contribution is -0.123. The van der Waals surface area contributed by atoms with Gasteiger partial charge in [0.2, 0.25) is 5.91 Å². The van der Waals surface area contributed by atoms with Crippen LogP contribution in [0.2, 0.25) is 5.02 Å². The van der Waals surface area contributed by atoms with Crippen LogP contribution in [0.5, 0.6) is 5.75 Å². The van der Waals surface area contributed by atoms with Crippen molar-refractivity contribution in [2.75, 3.05) is 12.0 Å². The molecule has 0 radical (unpaired) electrons. The van der Waals surface area contributed by atoms with E-state index in [1.165, 1.54) is 17.8 Å². The van der Waals surface area contributed by atoms with E-state index in [4.69, 9.17) is 16.3 Å². The van der Waals surface area contributed by atoms with Gasteiger partial charge in [0.25, 0.3) is 5.91 Å². The molecule has 35 heavy (non-hydrogen) atoms. The van der Waals surface area contributed by atoms with Gasteiger partial charge in [0.05, 0.1) is 17.8 Å². The molecule has 3 aromatic rings. The third-order valence-corrected chi connectivity index (χ3v) is 7.62. The third kappa shape index (κ3) is 5.85. The molecule has 1 aliphatic carbocycles. The first-order chi connectivity index (χ1) is 16.9. The minimum absolute atomic E-state index is 0.103. The fraction of sp³-hybridized carbons (Fsp3) is 0.370. The summed E-state index contributed by atoms with van der Waals surface area (Å²) < 4.78 is 5.32. The summed E-state index contributed by atoms with van der Waals surface area (Å²) in [5, 5.41) is 4.59. The van der Waals surface area contributed by atoms with E-state index in [1.54, 1.807) is 36.3 Å². The van der Waals surface area contributed by atoms with Crippen LogP contribution in [0, 0.1) is 13.8 Å². The fourth-order valence-electron chi connectivity index (χ4n) is 4.56. The first kappa shape index (κ1) is 25.2. The summed E-state index contributed by atoms with van der Waals surface area (Å²) in [6.45, 7) is 3.69. The molecule has 1 atom stereocenters. The lowest BCUT2D eigenvalue weighted by Gasteiger charge is -2.33. The normalized spacial score (nSPS) is 14.9. The van der Waals surface area contributed by atoms with Gasteiger partial charge in [0.1, 0.15) is 16.7 Å². The summed E-state index contributed by atoms with van der Waals surface area (Å²) in [4.78, 5) is 34.5. The van der Waals surface area contributed by atoms with Gasteiger partial charge in [-0.3, -0.25) is 14.5 Å². The molecule has 0 bridgehead atoms. The van der Waals surface area contributed by atoms with E-state index < -0.39 is 6.04 Å². The highest BCUT2D eigenvalue weighted by Crippen LogP contribution is 2.34. The second kappa shape index (κ2) is 11.2. The monoisotopic (exact) mass is 511 g/mol. The summed E-state index contributed by atoms with van der Waals surface area (Å²) >= 11 is 7.49. The highest BCUT2D eigenvalue weighted by atomic mass is 35.5. The van der Waals surface area contributed by atoms with E-state index >= 15 is 0 Å². The molecule has 1 aromatic heterocycles. The van der Waals surface area contributed by atoms with Gasteiger partial charge < -0.3 is 10.1 Å². The van der Waals surface area contributed by atoms with Crippen molar-refractivity contribution < 1.29 is 14.3 Å². The number of hydrogen-bond donors (Lipinski definition) is 1. The van der Waals surface area contributed by atoms with Crippen LogP contribution in [0.25, 0.3) is 0 Å². The number of aromatic nitrogens is 1. The molecule has 0 aliphatic heterocycles. The lowest BCUT2D eigenvalue weighted by atomic mass is 9.94. The van der Waals surface area contributed by atoms with Crippen LogP contribution in [0.3, 0.4) is 0 Å². The predicted octanol–water partition coefficient (Wildman–Crippen LogP) is 6.26. The van der Waals surface area contributed by atoms with Crippen molar-refractivity contribution in [2.45, 2.75) is 58.0 Å². The van der Waals surface area contributed by atoms with Gasteiger partial charge in [-0.15, -0.1) is 11.3 Å². The van der Waals surface area contributed by atoms with E-state index in [0.29, 0.717) is 32.6 Å². The standard InChI is InChI=1S/C27H30ClN3O3S/c1-17-25(35-18(2)29-17)27(33)31(22-13-11-20(28)12-14-22)24(19-9-15-23(34-3)16-10-19)26(32)30-21-7-5-4-6-8-21/h9-16,21,24H,4-8H2,1-3H3,(H,30,32)/t24-/m1/s1. The average molecular weight is 512 g/mol. The van der Waals surface area contributed by atoms with Crippen LogP contribution in [0.1, 0.15) is 64.1 Å². The van der Waals surface area contributed by atoms with Crippen molar-refractivity contribution in [3.8, 4) is 5.75 Å². The second-order valence-electron chi connectivity index (χ2n) is 8.82. The molecule has 2 aromatic carbocycles. The van der Waals surface area contributed by atoms with Crippen molar-refractivity contribution in [1.82, 2.24) is 10.3 Å². The average Bonchev–Trinajstić information content (AvgIpc) is 3.21. The Labute approximate surface area is 215 Å². The molecule has 2 amide bonds. The first-order valence-corrected chi connectivity index (χ1v) is 13.0. The maximum atomic E-state index is 14.1.